The van der Waals surface area contributed by atoms with Gasteiger partial charge in [0.25, 0.3) is 0 Å². The van der Waals surface area contributed by atoms with E-state index in [1.54, 1.807) is 0 Å². The van der Waals surface area contributed by atoms with Gasteiger partial charge in [-0.3, -0.25) is 5.32 Å². The molecule has 0 heterocycles. The van der Waals surface area contributed by atoms with Crippen LogP contribution < -0.4 is 5.32 Å². The van der Waals surface area contributed by atoms with Crippen LogP contribution in [-0.2, 0) is 19.6 Å². The Balaban J connectivity index is 2.66. The SMILES string of the molecule is C=CCOC(=O)Nc1ccc(C(=O)OCCS(=O)(=O)[O-])cc1I. The first-order valence-corrected chi connectivity index (χ1v) is 8.83. The minimum Gasteiger partial charge on any atom is -0.748 e. The lowest BCUT2D eigenvalue weighted by Gasteiger charge is -2.10. The zero-order chi connectivity index (χ0) is 17.5. The predicted molar refractivity (Wildman–Crippen MR) is 89.2 cm³/mol. The van der Waals surface area contributed by atoms with Gasteiger partial charge < -0.3 is 14.0 Å². The second-order valence-electron chi connectivity index (χ2n) is 4.10. The number of ether oxygens (including phenoxy) is 2. The van der Waals surface area contributed by atoms with Gasteiger partial charge in [0.1, 0.15) is 13.2 Å². The Morgan fingerprint density at radius 2 is 2.04 bits per heavy atom. The van der Waals surface area contributed by atoms with E-state index in [-0.39, 0.29) is 12.2 Å². The molecule has 1 amide bonds. The first-order chi connectivity index (χ1) is 10.7. The molecular weight excluding hydrogens is 441 g/mol. The van der Waals surface area contributed by atoms with Crippen LogP contribution in [0.1, 0.15) is 10.4 Å². The van der Waals surface area contributed by atoms with Crippen molar-refractivity contribution in [2.45, 2.75) is 0 Å². The van der Waals surface area contributed by atoms with E-state index in [1.807, 2.05) is 22.6 Å². The largest absolute Gasteiger partial charge is 0.748 e. The summed E-state index contributed by atoms with van der Waals surface area (Å²) in [6.45, 7) is 2.96. The smallest absolute Gasteiger partial charge is 0.411 e. The van der Waals surface area contributed by atoms with Crippen LogP contribution in [-0.4, -0.2) is 44.0 Å². The molecule has 0 fully saturated rings. The van der Waals surface area contributed by atoms with Gasteiger partial charge in [-0.2, -0.15) is 0 Å². The van der Waals surface area contributed by atoms with Crippen LogP contribution in [0.3, 0.4) is 0 Å². The Morgan fingerprint density at radius 1 is 1.35 bits per heavy atom. The van der Waals surface area contributed by atoms with Crippen molar-refractivity contribution in [1.82, 2.24) is 0 Å². The number of carbonyl (C=O) groups is 2. The monoisotopic (exact) mass is 454 g/mol. The molecule has 126 valence electrons. The highest BCUT2D eigenvalue weighted by molar-refractivity contribution is 14.1. The third-order valence-electron chi connectivity index (χ3n) is 2.34. The van der Waals surface area contributed by atoms with E-state index in [0.29, 0.717) is 9.26 Å². The van der Waals surface area contributed by atoms with Gasteiger partial charge in [-0.05, 0) is 40.8 Å². The fourth-order valence-corrected chi connectivity index (χ4v) is 2.28. The Bertz CT molecular complexity index is 702. The fourth-order valence-electron chi connectivity index (χ4n) is 1.34. The maximum absolute atomic E-state index is 11.7. The van der Waals surface area contributed by atoms with Crippen molar-refractivity contribution in [3.8, 4) is 0 Å². The molecule has 1 rings (SSSR count). The van der Waals surface area contributed by atoms with E-state index < -0.39 is 34.5 Å². The van der Waals surface area contributed by atoms with Crippen LogP contribution in [0.2, 0.25) is 0 Å². The molecular formula is C13H13INO7S-. The zero-order valence-corrected chi connectivity index (χ0v) is 14.8. The Hall–Kier alpha value is -1.66. The number of nitrogens with one attached hydrogen (secondary N) is 1. The molecule has 23 heavy (non-hydrogen) atoms. The lowest BCUT2D eigenvalue weighted by atomic mass is 10.2. The molecule has 0 bridgehead atoms. The molecule has 0 aliphatic rings. The van der Waals surface area contributed by atoms with Crippen LogP contribution in [0.15, 0.2) is 30.9 Å². The number of hydrogen-bond acceptors (Lipinski definition) is 7. The van der Waals surface area contributed by atoms with Crippen molar-refractivity contribution >= 4 is 50.5 Å². The van der Waals surface area contributed by atoms with E-state index >= 15 is 0 Å². The van der Waals surface area contributed by atoms with Gasteiger partial charge in [0, 0.05) is 3.57 Å². The normalized spacial score (nSPS) is 10.7. The summed E-state index contributed by atoms with van der Waals surface area (Å²) in [5.41, 5.74) is 0.584. The number of hydrogen-bond donors (Lipinski definition) is 1. The van der Waals surface area contributed by atoms with Crippen LogP contribution >= 0.6 is 22.6 Å². The van der Waals surface area contributed by atoms with Crippen molar-refractivity contribution in [2.24, 2.45) is 0 Å². The lowest BCUT2D eigenvalue weighted by molar-refractivity contribution is 0.0528. The molecule has 10 heteroatoms. The Kier molecular flexibility index (Phi) is 7.45. The third-order valence-corrected chi connectivity index (χ3v) is 3.90. The average molecular weight is 454 g/mol. The van der Waals surface area contributed by atoms with E-state index in [0.717, 1.165) is 0 Å². The second-order valence-corrected chi connectivity index (χ2v) is 6.79. The van der Waals surface area contributed by atoms with Crippen LogP contribution in [0.25, 0.3) is 0 Å². The number of anilines is 1. The lowest BCUT2D eigenvalue weighted by Crippen LogP contribution is -2.16. The van der Waals surface area contributed by atoms with Gasteiger partial charge in [0.2, 0.25) is 0 Å². The molecule has 0 spiro atoms. The van der Waals surface area contributed by atoms with Crippen molar-refractivity contribution in [3.63, 3.8) is 0 Å². The Morgan fingerprint density at radius 3 is 2.61 bits per heavy atom. The number of rotatable bonds is 7. The standard InChI is InChI=1S/C13H14INO7S/c1-2-5-22-13(17)15-11-4-3-9(8-10(11)14)12(16)21-6-7-23(18,19)20/h2-4,8H,1,5-7H2,(H,15,17)(H,18,19,20)/p-1. The van der Waals surface area contributed by atoms with Crippen LogP contribution in [0.4, 0.5) is 10.5 Å². The van der Waals surface area contributed by atoms with Crippen molar-refractivity contribution in [1.29, 1.82) is 0 Å². The molecule has 8 nitrogen and oxygen atoms in total. The molecule has 1 N–H and O–H groups in total. The summed E-state index contributed by atoms with van der Waals surface area (Å²) in [5.74, 6) is -1.56. The quantitative estimate of drug-likeness (QED) is 0.288. The fraction of sp³-hybridized carbons (Fsp3) is 0.231. The molecule has 0 atom stereocenters. The van der Waals surface area contributed by atoms with Gasteiger partial charge >= 0.3 is 12.1 Å². The van der Waals surface area contributed by atoms with E-state index in [2.05, 4.69) is 16.6 Å². The molecule has 1 aromatic carbocycles. The van der Waals surface area contributed by atoms with E-state index in [4.69, 9.17) is 4.74 Å². The zero-order valence-electron chi connectivity index (χ0n) is 11.8. The number of carbonyl (C=O) groups excluding carboxylic acids is 2. The van der Waals surface area contributed by atoms with E-state index in [9.17, 15) is 22.6 Å². The minimum atomic E-state index is -4.44. The van der Waals surface area contributed by atoms with Gasteiger partial charge in [-0.15, -0.1) is 0 Å². The number of halogens is 1. The molecule has 0 saturated carbocycles. The number of benzene rings is 1. The second kappa shape index (κ2) is 8.84. The van der Waals surface area contributed by atoms with Crippen LogP contribution in [0, 0.1) is 3.57 Å². The summed E-state index contributed by atoms with van der Waals surface area (Å²) in [6.07, 6.45) is 0.755. The molecule has 0 aromatic heterocycles. The first-order valence-electron chi connectivity index (χ1n) is 6.18. The van der Waals surface area contributed by atoms with Crippen molar-refractivity contribution < 1.29 is 32.0 Å². The van der Waals surface area contributed by atoms with Gasteiger partial charge in [0.15, 0.2) is 0 Å². The topological polar surface area (TPSA) is 122 Å². The minimum absolute atomic E-state index is 0.0649. The van der Waals surface area contributed by atoms with Gasteiger partial charge in [-0.25, -0.2) is 18.0 Å². The number of esters is 1. The molecule has 0 aliphatic heterocycles. The summed E-state index contributed by atoms with van der Waals surface area (Å²) in [4.78, 5) is 23.1. The molecule has 0 saturated heterocycles. The van der Waals surface area contributed by atoms with Crippen LogP contribution in [0.5, 0.6) is 0 Å². The average Bonchev–Trinajstić information content (AvgIpc) is 2.45. The summed E-state index contributed by atoms with van der Waals surface area (Å²) in [7, 11) is -4.44. The van der Waals surface area contributed by atoms with E-state index in [1.165, 1.54) is 24.3 Å². The molecule has 0 aliphatic carbocycles. The maximum atomic E-state index is 11.7. The highest BCUT2D eigenvalue weighted by Crippen LogP contribution is 2.20. The molecule has 1 aromatic rings. The first kappa shape index (κ1) is 19.4. The molecule has 0 unspecified atom stereocenters. The van der Waals surface area contributed by atoms with Crippen molar-refractivity contribution in [2.75, 3.05) is 24.3 Å². The number of amides is 1. The maximum Gasteiger partial charge on any atom is 0.411 e. The summed E-state index contributed by atoms with van der Waals surface area (Å²) >= 11 is 1.90. The van der Waals surface area contributed by atoms with Crippen molar-refractivity contribution in [3.05, 3.63) is 40.0 Å². The molecule has 0 radical (unpaired) electrons. The van der Waals surface area contributed by atoms with Gasteiger partial charge in [0.05, 0.1) is 27.1 Å². The Labute approximate surface area is 146 Å². The van der Waals surface area contributed by atoms with Gasteiger partial charge in [-0.1, -0.05) is 12.7 Å². The summed E-state index contributed by atoms with van der Waals surface area (Å²) in [6, 6.07) is 4.30. The highest BCUT2D eigenvalue weighted by Gasteiger charge is 2.12. The third kappa shape index (κ3) is 7.43. The summed E-state index contributed by atoms with van der Waals surface area (Å²) in [5, 5.41) is 2.49. The highest BCUT2D eigenvalue weighted by atomic mass is 127. The predicted octanol–water partition coefficient (Wildman–Crippen LogP) is 1.73. The summed E-state index contributed by atoms with van der Waals surface area (Å²) < 4.78 is 41.3.